The van der Waals surface area contributed by atoms with E-state index in [1.54, 1.807) is 10.6 Å². The number of imidazole rings is 1. The van der Waals surface area contributed by atoms with Crippen LogP contribution in [0, 0.1) is 0 Å². The van der Waals surface area contributed by atoms with Gasteiger partial charge in [0, 0.05) is 13.3 Å². The minimum Gasteiger partial charge on any atom is -0.381 e. The summed E-state index contributed by atoms with van der Waals surface area (Å²) in [6.07, 6.45) is 3.32. The van der Waals surface area contributed by atoms with Crippen molar-refractivity contribution in [1.82, 2.24) is 9.38 Å². The molecule has 0 aliphatic rings. The molecule has 0 aliphatic carbocycles. The molecule has 96 valence electrons. The predicted octanol–water partition coefficient (Wildman–Crippen LogP) is 0.670. The van der Waals surface area contributed by atoms with Crippen molar-refractivity contribution in [1.29, 1.82) is 0 Å². The number of aromatic nitrogens is 2. The lowest BCUT2D eigenvalue weighted by atomic mass is 10.1. The number of rotatable bonds is 4. The lowest BCUT2D eigenvalue weighted by Crippen LogP contribution is -2.44. The summed E-state index contributed by atoms with van der Waals surface area (Å²) in [5, 5.41) is 12.5. The monoisotopic (exact) mass is 249 g/mol. The van der Waals surface area contributed by atoms with Crippen molar-refractivity contribution in [3.8, 4) is 0 Å². The standard InChI is InChI=1S/C12H15N3O3/c1-12(17,8-18-2)11(16)14-10-7-13-9-5-3-4-6-15(9)10/h3-7,17H,8H2,1-2H3,(H,14,16). The van der Waals surface area contributed by atoms with Crippen LogP contribution in [0.25, 0.3) is 5.65 Å². The maximum absolute atomic E-state index is 11.9. The number of aliphatic hydroxyl groups is 1. The van der Waals surface area contributed by atoms with Gasteiger partial charge in [-0.15, -0.1) is 0 Å². The number of methoxy groups -OCH3 is 1. The highest BCUT2D eigenvalue weighted by Gasteiger charge is 2.30. The van der Waals surface area contributed by atoms with Crippen LogP contribution in [0.4, 0.5) is 5.82 Å². The summed E-state index contributed by atoms with van der Waals surface area (Å²) in [7, 11) is 1.43. The number of anilines is 1. The summed E-state index contributed by atoms with van der Waals surface area (Å²) >= 11 is 0. The second-order valence-corrected chi connectivity index (χ2v) is 4.23. The van der Waals surface area contributed by atoms with Gasteiger partial charge in [0.25, 0.3) is 5.91 Å². The smallest absolute Gasteiger partial charge is 0.259 e. The first-order valence-corrected chi connectivity index (χ1v) is 5.49. The Hall–Kier alpha value is -1.92. The van der Waals surface area contributed by atoms with E-state index < -0.39 is 11.5 Å². The Bertz CT molecular complexity index is 562. The van der Waals surface area contributed by atoms with Gasteiger partial charge in [0.05, 0.1) is 12.8 Å². The number of hydrogen-bond donors (Lipinski definition) is 2. The normalized spacial score (nSPS) is 14.4. The molecule has 2 aromatic heterocycles. The van der Waals surface area contributed by atoms with Crippen LogP contribution in [0.3, 0.4) is 0 Å². The molecule has 18 heavy (non-hydrogen) atoms. The van der Waals surface area contributed by atoms with E-state index in [9.17, 15) is 9.90 Å². The Kier molecular flexibility index (Phi) is 3.31. The van der Waals surface area contributed by atoms with Crippen molar-refractivity contribution in [3.63, 3.8) is 0 Å². The van der Waals surface area contributed by atoms with Crippen molar-refractivity contribution in [3.05, 3.63) is 30.6 Å². The highest BCUT2D eigenvalue weighted by atomic mass is 16.5. The van der Waals surface area contributed by atoms with Gasteiger partial charge in [-0.3, -0.25) is 9.20 Å². The zero-order chi connectivity index (χ0) is 13.2. The third-order valence-corrected chi connectivity index (χ3v) is 2.57. The molecular formula is C12H15N3O3. The zero-order valence-corrected chi connectivity index (χ0v) is 10.3. The number of nitrogens with one attached hydrogen (secondary N) is 1. The Morgan fingerprint density at radius 3 is 3.11 bits per heavy atom. The number of carbonyl (C=O) groups excluding carboxylic acids is 1. The molecule has 1 unspecified atom stereocenters. The summed E-state index contributed by atoms with van der Waals surface area (Å²) in [5.41, 5.74) is -0.854. The Labute approximate surface area is 104 Å². The Balaban J connectivity index is 2.21. The lowest BCUT2D eigenvalue weighted by Gasteiger charge is -2.20. The largest absolute Gasteiger partial charge is 0.381 e. The van der Waals surface area contributed by atoms with Gasteiger partial charge in [-0.2, -0.15) is 0 Å². The summed E-state index contributed by atoms with van der Waals surface area (Å²) < 4.78 is 6.52. The quantitative estimate of drug-likeness (QED) is 0.835. The SMILES string of the molecule is COCC(C)(O)C(=O)Nc1cnc2ccccn12. The average Bonchev–Trinajstić information content (AvgIpc) is 2.73. The topological polar surface area (TPSA) is 75.9 Å². The van der Waals surface area contributed by atoms with E-state index in [1.165, 1.54) is 20.2 Å². The maximum Gasteiger partial charge on any atom is 0.259 e. The lowest BCUT2D eigenvalue weighted by molar-refractivity contribution is -0.137. The summed E-state index contributed by atoms with van der Waals surface area (Å²) in [4.78, 5) is 16.0. The third-order valence-electron chi connectivity index (χ3n) is 2.57. The number of amides is 1. The van der Waals surface area contributed by atoms with E-state index in [4.69, 9.17) is 4.74 Å². The molecule has 2 rings (SSSR count). The van der Waals surface area contributed by atoms with Crippen LogP contribution < -0.4 is 5.32 Å². The van der Waals surface area contributed by atoms with Crippen LogP contribution in [-0.4, -0.2) is 39.7 Å². The third kappa shape index (κ3) is 2.34. The van der Waals surface area contributed by atoms with Gasteiger partial charge in [-0.25, -0.2) is 4.98 Å². The molecule has 0 radical (unpaired) electrons. The number of ether oxygens (including phenoxy) is 1. The first-order valence-electron chi connectivity index (χ1n) is 5.49. The molecular weight excluding hydrogens is 234 g/mol. The van der Waals surface area contributed by atoms with Gasteiger partial charge in [0.2, 0.25) is 0 Å². The van der Waals surface area contributed by atoms with E-state index >= 15 is 0 Å². The zero-order valence-electron chi connectivity index (χ0n) is 10.3. The van der Waals surface area contributed by atoms with Crippen molar-refractivity contribution >= 4 is 17.4 Å². The van der Waals surface area contributed by atoms with Crippen molar-refractivity contribution in [2.45, 2.75) is 12.5 Å². The predicted molar refractivity (Wildman–Crippen MR) is 66.3 cm³/mol. The minimum absolute atomic E-state index is 0.0738. The van der Waals surface area contributed by atoms with Gasteiger partial charge < -0.3 is 15.2 Å². The molecule has 2 N–H and O–H groups in total. The maximum atomic E-state index is 11.9. The fraction of sp³-hybridized carbons (Fsp3) is 0.333. The van der Waals surface area contributed by atoms with Crippen LogP contribution in [0.1, 0.15) is 6.92 Å². The number of nitrogens with zero attached hydrogens (tertiary/aromatic N) is 2. The first kappa shape index (κ1) is 12.5. The van der Waals surface area contributed by atoms with Crippen molar-refractivity contribution in [2.75, 3.05) is 19.0 Å². The first-order chi connectivity index (χ1) is 8.54. The molecule has 1 atom stereocenters. The molecule has 0 fully saturated rings. The van der Waals surface area contributed by atoms with Gasteiger partial charge in [-0.1, -0.05) is 6.07 Å². The minimum atomic E-state index is -1.58. The van der Waals surface area contributed by atoms with Crippen LogP contribution in [0.2, 0.25) is 0 Å². The number of fused-ring (bicyclic) bond motifs is 1. The second-order valence-electron chi connectivity index (χ2n) is 4.23. The highest BCUT2D eigenvalue weighted by molar-refractivity contribution is 5.96. The summed E-state index contributed by atoms with van der Waals surface area (Å²) in [6.45, 7) is 1.32. The van der Waals surface area contributed by atoms with Crippen LogP contribution >= 0.6 is 0 Å². The fourth-order valence-electron chi connectivity index (χ4n) is 1.62. The molecule has 1 amide bonds. The molecule has 0 bridgehead atoms. The highest BCUT2D eigenvalue weighted by Crippen LogP contribution is 2.14. The van der Waals surface area contributed by atoms with Crippen LogP contribution in [-0.2, 0) is 9.53 Å². The molecule has 2 aromatic rings. The van der Waals surface area contributed by atoms with Gasteiger partial charge in [0.1, 0.15) is 11.5 Å². The van der Waals surface area contributed by atoms with E-state index in [1.807, 2.05) is 18.2 Å². The van der Waals surface area contributed by atoms with Crippen LogP contribution in [0.15, 0.2) is 30.6 Å². The molecule has 6 nitrogen and oxygen atoms in total. The van der Waals surface area contributed by atoms with Crippen molar-refractivity contribution < 1.29 is 14.6 Å². The summed E-state index contributed by atoms with van der Waals surface area (Å²) in [6, 6.07) is 5.51. The van der Waals surface area contributed by atoms with Gasteiger partial charge in [0.15, 0.2) is 5.60 Å². The molecule has 0 aliphatic heterocycles. The van der Waals surface area contributed by atoms with Gasteiger partial charge >= 0.3 is 0 Å². The van der Waals surface area contributed by atoms with Crippen molar-refractivity contribution in [2.24, 2.45) is 0 Å². The molecule has 0 aromatic carbocycles. The summed E-state index contributed by atoms with van der Waals surface area (Å²) in [5.74, 6) is -0.0259. The average molecular weight is 249 g/mol. The Morgan fingerprint density at radius 1 is 1.61 bits per heavy atom. The van der Waals surface area contributed by atoms with E-state index in [-0.39, 0.29) is 6.61 Å². The molecule has 0 spiro atoms. The molecule has 2 heterocycles. The number of carbonyl (C=O) groups is 1. The Morgan fingerprint density at radius 2 is 2.39 bits per heavy atom. The number of pyridine rings is 1. The molecule has 0 saturated heterocycles. The second kappa shape index (κ2) is 4.75. The van der Waals surface area contributed by atoms with Crippen LogP contribution in [0.5, 0.6) is 0 Å². The fourth-order valence-corrected chi connectivity index (χ4v) is 1.62. The van der Waals surface area contributed by atoms with E-state index in [0.717, 1.165) is 5.65 Å². The molecule has 6 heteroatoms. The van der Waals surface area contributed by atoms with E-state index in [2.05, 4.69) is 10.3 Å². The van der Waals surface area contributed by atoms with E-state index in [0.29, 0.717) is 5.82 Å². The number of hydrogen-bond acceptors (Lipinski definition) is 4. The van der Waals surface area contributed by atoms with Gasteiger partial charge in [-0.05, 0) is 19.1 Å². The molecule has 0 saturated carbocycles.